The van der Waals surface area contributed by atoms with Gasteiger partial charge in [-0.3, -0.25) is 4.68 Å². The third-order valence-electron chi connectivity index (χ3n) is 1.87. The van der Waals surface area contributed by atoms with Gasteiger partial charge in [0.1, 0.15) is 6.04 Å². The highest BCUT2D eigenvalue weighted by Gasteiger charge is 2.33. The van der Waals surface area contributed by atoms with Gasteiger partial charge in [0.2, 0.25) is 0 Å². The fourth-order valence-corrected chi connectivity index (χ4v) is 0.975. The third-order valence-corrected chi connectivity index (χ3v) is 1.87. The molecule has 15 heavy (non-hydrogen) atoms. The van der Waals surface area contributed by atoms with Crippen LogP contribution < -0.4 is 0 Å². The highest BCUT2D eigenvalue weighted by atomic mass is 19.4. The molecule has 1 atom stereocenters. The van der Waals surface area contributed by atoms with Crippen LogP contribution in [0.2, 0.25) is 0 Å². The van der Waals surface area contributed by atoms with E-state index in [0.29, 0.717) is 6.20 Å². The molecule has 0 fully saturated rings. The molecule has 0 aliphatic carbocycles. The fraction of sp³-hybridized carbons (Fsp3) is 0.500. The lowest BCUT2D eigenvalue weighted by atomic mass is 10.3. The number of halogens is 3. The van der Waals surface area contributed by atoms with Gasteiger partial charge in [-0.15, -0.1) is 0 Å². The van der Waals surface area contributed by atoms with Crippen LogP contribution in [0.25, 0.3) is 0 Å². The van der Waals surface area contributed by atoms with Crippen LogP contribution in [-0.2, 0) is 15.7 Å². The van der Waals surface area contributed by atoms with Crippen LogP contribution in [0.1, 0.15) is 18.5 Å². The summed E-state index contributed by atoms with van der Waals surface area (Å²) in [7, 11) is 1.16. The van der Waals surface area contributed by atoms with Gasteiger partial charge < -0.3 is 4.74 Å². The number of carbonyl (C=O) groups excluding carboxylic acids is 1. The SMILES string of the molecule is COC(=O)[C@H](C)n1cc(C(F)(F)F)cn1. The maximum Gasteiger partial charge on any atom is 0.419 e. The van der Waals surface area contributed by atoms with Gasteiger partial charge in [0.05, 0.1) is 18.9 Å². The summed E-state index contributed by atoms with van der Waals surface area (Å²) in [5.74, 6) is -0.646. The second kappa shape index (κ2) is 3.92. The molecule has 1 aromatic heterocycles. The van der Waals surface area contributed by atoms with Crippen LogP contribution in [-0.4, -0.2) is 22.9 Å². The summed E-state index contributed by atoms with van der Waals surface area (Å²) < 4.78 is 41.8. The van der Waals surface area contributed by atoms with Gasteiger partial charge >= 0.3 is 12.1 Å². The number of ether oxygens (including phenoxy) is 1. The van der Waals surface area contributed by atoms with E-state index in [1.54, 1.807) is 0 Å². The second-order valence-corrected chi connectivity index (χ2v) is 2.91. The Bertz CT molecular complexity index is 359. The van der Waals surface area contributed by atoms with E-state index in [4.69, 9.17) is 0 Å². The van der Waals surface area contributed by atoms with Crippen molar-refractivity contribution in [2.24, 2.45) is 0 Å². The Kier molecular flexibility index (Phi) is 3.01. The minimum absolute atomic E-state index is 0.646. The zero-order valence-electron chi connectivity index (χ0n) is 8.08. The predicted molar refractivity (Wildman–Crippen MR) is 44.0 cm³/mol. The molecule has 4 nitrogen and oxygen atoms in total. The standard InChI is InChI=1S/C8H9F3N2O2/c1-5(7(14)15-2)13-4-6(3-12-13)8(9,10)11/h3-5H,1-2H3/t5-/m0/s1. The van der Waals surface area contributed by atoms with Crippen molar-refractivity contribution in [3.05, 3.63) is 18.0 Å². The molecule has 0 aliphatic rings. The zero-order valence-corrected chi connectivity index (χ0v) is 8.08. The average molecular weight is 222 g/mol. The smallest absolute Gasteiger partial charge is 0.419 e. The predicted octanol–water partition coefficient (Wildman–Crippen LogP) is 1.64. The quantitative estimate of drug-likeness (QED) is 0.714. The van der Waals surface area contributed by atoms with Gasteiger partial charge in [-0.25, -0.2) is 4.79 Å². The number of esters is 1. The van der Waals surface area contributed by atoms with E-state index >= 15 is 0 Å². The first-order valence-corrected chi connectivity index (χ1v) is 4.05. The summed E-state index contributed by atoms with van der Waals surface area (Å²) in [6.45, 7) is 1.40. The first kappa shape index (κ1) is 11.5. The Morgan fingerprint density at radius 2 is 2.20 bits per heavy atom. The largest absolute Gasteiger partial charge is 0.467 e. The molecule has 0 saturated carbocycles. The van der Waals surface area contributed by atoms with E-state index in [0.717, 1.165) is 18.0 Å². The minimum atomic E-state index is -4.45. The van der Waals surface area contributed by atoms with Crippen LogP contribution in [0.3, 0.4) is 0 Å². The van der Waals surface area contributed by atoms with E-state index in [1.807, 2.05) is 0 Å². The maximum atomic E-state index is 12.2. The molecule has 0 saturated heterocycles. The Hall–Kier alpha value is -1.53. The molecule has 1 aromatic rings. The van der Waals surface area contributed by atoms with Gasteiger partial charge in [-0.2, -0.15) is 18.3 Å². The molecule has 0 N–H and O–H groups in total. The number of hydrogen-bond donors (Lipinski definition) is 0. The van der Waals surface area contributed by atoms with Crippen molar-refractivity contribution < 1.29 is 22.7 Å². The normalized spacial score (nSPS) is 13.7. The van der Waals surface area contributed by atoms with E-state index < -0.39 is 23.8 Å². The van der Waals surface area contributed by atoms with Gasteiger partial charge in [0, 0.05) is 6.20 Å². The fourth-order valence-electron chi connectivity index (χ4n) is 0.975. The molecule has 84 valence electrons. The molecular weight excluding hydrogens is 213 g/mol. The topological polar surface area (TPSA) is 44.1 Å². The van der Waals surface area contributed by atoms with Crippen LogP contribution in [0.4, 0.5) is 13.2 Å². The van der Waals surface area contributed by atoms with Crippen molar-refractivity contribution >= 4 is 5.97 Å². The number of methoxy groups -OCH3 is 1. The Labute approximate surface area is 83.6 Å². The molecule has 0 radical (unpaired) electrons. The maximum absolute atomic E-state index is 12.2. The lowest BCUT2D eigenvalue weighted by molar-refractivity contribution is -0.144. The molecule has 1 rings (SSSR count). The summed E-state index contributed by atoms with van der Waals surface area (Å²) in [5.41, 5.74) is -0.891. The van der Waals surface area contributed by atoms with Gasteiger partial charge in [-0.05, 0) is 6.92 Å². The van der Waals surface area contributed by atoms with Crippen molar-refractivity contribution in [1.82, 2.24) is 9.78 Å². The Morgan fingerprint density at radius 1 is 1.60 bits per heavy atom. The Balaban J connectivity index is 2.89. The van der Waals surface area contributed by atoms with Gasteiger partial charge in [0.15, 0.2) is 0 Å². The van der Waals surface area contributed by atoms with Gasteiger partial charge in [-0.1, -0.05) is 0 Å². The molecule has 0 bridgehead atoms. The lowest BCUT2D eigenvalue weighted by Gasteiger charge is -2.08. The van der Waals surface area contributed by atoms with Crippen molar-refractivity contribution in [3.63, 3.8) is 0 Å². The van der Waals surface area contributed by atoms with Crippen molar-refractivity contribution in [2.45, 2.75) is 19.1 Å². The van der Waals surface area contributed by atoms with Crippen LogP contribution in [0, 0.1) is 0 Å². The number of alkyl halides is 3. The lowest BCUT2D eigenvalue weighted by Crippen LogP contribution is -2.18. The number of hydrogen-bond acceptors (Lipinski definition) is 3. The molecule has 0 unspecified atom stereocenters. The number of carbonyl (C=O) groups is 1. The van der Waals surface area contributed by atoms with Crippen LogP contribution in [0.5, 0.6) is 0 Å². The number of rotatable bonds is 2. The molecule has 1 heterocycles. The average Bonchev–Trinajstić information content (AvgIpc) is 2.63. The summed E-state index contributed by atoms with van der Waals surface area (Å²) in [6, 6.07) is -0.869. The number of aromatic nitrogens is 2. The molecular formula is C8H9F3N2O2. The van der Waals surface area contributed by atoms with Crippen molar-refractivity contribution in [3.8, 4) is 0 Å². The monoisotopic (exact) mass is 222 g/mol. The highest BCUT2D eigenvalue weighted by molar-refractivity contribution is 5.73. The highest BCUT2D eigenvalue weighted by Crippen LogP contribution is 2.29. The van der Waals surface area contributed by atoms with E-state index in [1.165, 1.54) is 6.92 Å². The van der Waals surface area contributed by atoms with Crippen molar-refractivity contribution in [2.75, 3.05) is 7.11 Å². The number of nitrogens with zero attached hydrogens (tertiary/aromatic N) is 2. The van der Waals surface area contributed by atoms with Crippen LogP contribution >= 0.6 is 0 Å². The summed E-state index contributed by atoms with van der Waals surface area (Å²) in [4.78, 5) is 11.0. The molecule has 7 heteroatoms. The van der Waals surface area contributed by atoms with E-state index in [2.05, 4.69) is 9.84 Å². The molecule has 0 spiro atoms. The first-order valence-electron chi connectivity index (χ1n) is 4.05. The summed E-state index contributed by atoms with van der Waals surface area (Å²) in [5, 5.41) is 3.45. The zero-order chi connectivity index (χ0) is 11.6. The van der Waals surface area contributed by atoms with E-state index in [9.17, 15) is 18.0 Å². The second-order valence-electron chi connectivity index (χ2n) is 2.91. The molecule has 0 aromatic carbocycles. The molecule has 0 aliphatic heterocycles. The minimum Gasteiger partial charge on any atom is -0.467 e. The van der Waals surface area contributed by atoms with Crippen LogP contribution in [0.15, 0.2) is 12.4 Å². The summed E-state index contributed by atoms with van der Waals surface area (Å²) in [6.07, 6.45) is -3.02. The first-order chi connectivity index (χ1) is 6.86. The van der Waals surface area contributed by atoms with Crippen molar-refractivity contribution in [1.29, 1.82) is 0 Å². The third kappa shape index (κ3) is 2.48. The van der Waals surface area contributed by atoms with E-state index in [-0.39, 0.29) is 0 Å². The summed E-state index contributed by atoms with van der Waals surface area (Å²) >= 11 is 0. The van der Waals surface area contributed by atoms with Gasteiger partial charge in [0.25, 0.3) is 0 Å². The molecule has 0 amide bonds. The Morgan fingerprint density at radius 3 is 2.60 bits per heavy atom.